The van der Waals surface area contributed by atoms with Crippen molar-refractivity contribution >= 4 is 48.7 Å². The van der Waals surface area contributed by atoms with Gasteiger partial charge in [0.05, 0.1) is 0 Å². The standard InChI is InChI=1S/C15H8Br2FNO2/c16-14(17)13(20)9-3-6-12-11(7-9)19-15(21-12)8-1-4-10(18)5-2-8/h1-7,14H. The van der Waals surface area contributed by atoms with Crippen LogP contribution < -0.4 is 0 Å². The molecule has 0 atom stereocenters. The van der Waals surface area contributed by atoms with Crippen LogP contribution in [0, 0.1) is 5.82 Å². The lowest BCUT2D eigenvalue weighted by Gasteiger charge is -2.00. The number of Topliss-reactive ketones (excluding diaryl/α,β-unsaturated/α-hetero) is 1. The van der Waals surface area contributed by atoms with E-state index in [9.17, 15) is 9.18 Å². The van der Waals surface area contributed by atoms with Gasteiger partial charge in [0.25, 0.3) is 0 Å². The normalized spacial score (nSPS) is 11.2. The Morgan fingerprint density at radius 2 is 1.86 bits per heavy atom. The third kappa shape index (κ3) is 2.91. The maximum absolute atomic E-state index is 12.9. The van der Waals surface area contributed by atoms with Gasteiger partial charge in [0.2, 0.25) is 5.89 Å². The zero-order valence-corrected chi connectivity index (χ0v) is 13.7. The number of ketones is 1. The zero-order chi connectivity index (χ0) is 15.0. The monoisotopic (exact) mass is 411 g/mol. The number of hydrogen-bond donors (Lipinski definition) is 0. The van der Waals surface area contributed by atoms with Crippen LogP contribution in [-0.4, -0.2) is 14.5 Å². The molecule has 1 heterocycles. The fourth-order valence-corrected chi connectivity index (χ4v) is 2.45. The molecule has 0 spiro atoms. The first-order valence-electron chi connectivity index (χ1n) is 6.03. The molecule has 0 fully saturated rings. The molecule has 1 aromatic heterocycles. The largest absolute Gasteiger partial charge is 0.436 e. The first-order chi connectivity index (χ1) is 10.0. The number of rotatable bonds is 3. The van der Waals surface area contributed by atoms with Crippen LogP contribution in [0.1, 0.15) is 10.4 Å². The van der Waals surface area contributed by atoms with Crippen LogP contribution in [-0.2, 0) is 0 Å². The number of fused-ring (bicyclic) bond motifs is 1. The van der Waals surface area contributed by atoms with Gasteiger partial charge in [-0.25, -0.2) is 9.37 Å². The summed E-state index contributed by atoms with van der Waals surface area (Å²) in [6.45, 7) is 0. The Morgan fingerprint density at radius 3 is 2.52 bits per heavy atom. The average molecular weight is 413 g/mol. The van der Waals surface area contributed by atoms with Crippen molar-refractivity contribution in [3.05, 3.63) is 53.8 Å². The van der Waals surface area contributed by atoms with E-state index in [4.69, 9.17) is 4.42 Å². The molecule has 3 nitrogen and oxygen atoms in total. The molecule has 3 aromatic rings. The van der Waals surface area contributed by atoms with E-state index >= 15 is 0 Å². The second-order valence-electron chi connectivity index (χ2n) is 4.37. The molecule has 0 bridgehead atoms. The average Bonchev–Trinajstić information content (AvgIpc) is 2.89. The summed E-state index contributed by atoms with van der Waals surface area (Å²) in [7, 11) is 0. The van der Waals surface area contributed by atoms with E-state index in [1.54, 1.807) is 30.3 Å². The number of halogens is 3. The molecule has 0 saturated heterocycles. The van der Waals surface area contributed by atoms with Gasteiger partial charge < -0.3 is 4.42 Å². The maximum Gasteiger partial charge on any atom is 0.227 e. The van der Waals surface area contributed by atoms with E-state index in [1.165, 1.54) is 12.1 Å². The van der Waals surface area contributed by atoms with Crippen molar-refractivity contribution in [1.29, 1.82) is 0 Å². The minimum Gasteiger partial charge on any atom is -0.436 e. The third-order valence-electron chi connectivity index (χ3n) is 2.96. The molecule has 0 aliphatic rings. The van der Waals surface area contributed by atoms with Gasteiger partial charge in [0.15, 0.2) is 11.4 Å². The fourth-order valence-electron chi connectivity index (χ4n) is 1.92. The molecular weight excluding hydrogens is 405 g/mol. The minimum absolute atomic E-state index is 0.0942. The molecule has 0 N–H and O–H groups in total. The lowest BCUT2D eigenvalue weighted by atomic mass is 10.1. The van der Waals surface area contributed by atoms with Crippen LogP contribution in [0.5, 0.6) is 0 Å². The van der Waals surface area contributed by atoms with Gasteiger partial charge >= 0.3 is 0 Å². The van der Waals surface area contributed by atoms with Crippen LogP contribution in [0.25, 0.3) is 22.6 Å². The Labute approximate surface area is 136 Å². The van der Waals surface area contributed by atoms with Crippen LogP contribution in [0.15, 0.2) is 46.9 Å². The minimum atomic E-state index is -0.439. The number of benzene rings is 2. The number of carbonyl (C=O) groups is 1. The number of oxazole rings is 1. The molecule has 21 heavy (non-hydrogen) atoms. The SMILES string of the molecule is O=C(c1ccc2oc(-c3ccc(F)cc3)nc2c1)C(Br)Br. The van der Waals surface area contributed by atoms with E-state index in [-0.39, 0.29) is 11.6 Å². The first-order valence-corrected chi connectivity index (χ1v) is 7.86. The van der Waals surface area contributed by atoms with Gasteiger partial charge in [-0.05, 0) is 42.5 Å². The molecule has 2 aromatic carbocycles. The topological polar surface area (TPSA) is 43.1 Å². The molecule has 0 aliphatic heterocycles. The number of nitrogens with zero attached hydrogens (tertiary/aromatic N) is 1. The Hall–Kier alpha value is -1.53. The van der Waals surface area contributed by atoms with Crippen molar-refractivity contribution in [3.63, 3.8) is 0 Å². The van der Waals surface area contributed by atoms with E-state index < -0.39 is 3.74 Å². The summed E-state index contributed by atoms with van der Waals surface area (Å²) in [5.41, 5.74) is 2.37. The van der Waals surface area contributed by atoms with Crippen LogP contribution >= 0.6 is 31.9 Å². The summed E-state index contributed by atoms with van der Waals surface area (Å²) in [4.78, 5) is 16.3. The van der Waals surface area contributed by atoms with E-state index in [0.29, 0.717) is 28.1 Å². The lowest BCUT2D eigenvalue weighted by molar-refractivity contribution is 0.101. The number of carbonyl (C=O) groups excluding carboxylic acids is 1. The second kappa shape index (κ2) is 5.69. The van der Waals surface area contributed by atoms with Gasteiger partial charge in [0, 0.05) is 11.1 Å². The van der Waals surface area contributed by atoms with Crippen molar-refractivity contribution in [2.75, 3.05) is 0 Å². The lowest BCUT2D eigenvalue weighted by Crippen LogP contribution is -2.06. The van der Waals surface area contributed by atoms with E-state index in [2.05, 4.69) is 36.8 Å². The molecule has 0 aliphatic carbocycles. The summed E-state index contributed by atoms with van der Waals surface area (Å²) >= 11 is 6.35. The van der Waals surface area contributed by atoms with Gasteiger partial charge in [0.1, 0.15) is 15.1 Å². The molecule has 3 rings (SSSR count). The van der Waals surface area contributed by atoms with Crippen molar-refractivity contribution in [3.8, 4) is 11.5 Å². The highest BCUT2D eigenvalue weighted by Gasteiger charge is 2.16. The van der Waals surface area contributed by atoms with Crippen LogP contribution in [0.3, 0.4) is 0 Å². The van der Waals surface area contributed by atoms with Crippen LogP contribution in [0.2, 0.25) is 0 Å². The summed E-state index contributed by atoms with van der Waals surface area (Å²) in [6, 6.07) is 10.9. The first kappa shape index (κ1) is 14.4. The van der Waals surface area contributed by atoms with Gasteiger partial charge in [-0.3, -0.25) is 4.79 Å². The molecule has 0 saturated carbocycles. The number of alkyl halides is 2. The molecular formula is C15H8Br2FNO2. The summed E-state index contributed by atoms with van der Waals surface area (Å²) in [5, 5.41) is 0. The number of hydrogen-bond acceptors (Lipinski definition) is 3. The highest BCUT2D eigenvalue weighted by molar-refractivity contribution is 9.25. The smallest absolute Gasteiger partial charge is 0.227 e. The van der Waals surface area contributed by atoms with Gasteiger partial charge in [-0.2, -0.15) is 0 Å². The molecule has 0 amide bonds. The molecule has 0 radical (unpaired) electrons. The van der Waals surface area contributed by atoms with Crippen molar-refractivity contribution in [2.45, 2.75) is 3.74 Å². The highest BCUT2D eigenvalue weighted by atomic mass is 79.9. The number of aromatic nitrogens is 1. The Bertz CT molecular complexity index is 812. The van der Waals surface area contributed by atoms with Crippen LogP contribution in [0.4, 0.5) is 4.39 Å². The van der Waals surface area contributed by atoms with Gasteiger partial charge in [-0.15, -0.1) is 0 Å². The van der Waals surface area contributed by atoms with Crippen molar-refractivity contribution in [1.82, 2.24) is 4.98 Å². The highest BCUT2D eigenvalue weighted by Crippen LogP contribution is 2.26. The van der Waals surface area contributed by atoms with Gasteiger partial charge in [-0.1, -0.05) is 31.9 Å². The fraction of sp³-hybridized carbons (Fsp3) is 0.0667. The van der Waals surface area contributed by atoms with E-state index in [1.807, 2.05) is 0 Å². The predicted molar refractivity (Wildman–Crippen MR) is 85.4 cm³/mol. The summed E-state index contributed by atoms with van der Waals surface area (Å²) in [6.07, 6.45) is 0. The Morgan fingerprint density at radius 1 is 1.14 bits per heavy atom. The molecule has 6 heteroatoms. The predicted octanol–water partition coefficient (Wildman–Crippen LogP) is 4.93. The summed E-state index contributed by atoms with van der Waals surface area (Å²) < 4.78 is 18.1. The van der Waals surface area contributed by atoms with E-state index in [0.717, 1.165) is 0 Å². The van der Waals surface area contributed by atoms with Crippen molar-refractivity contribution in [2.24, 2.45) is 0 Å². The van der Waals surface area contributed by atoms with Crippen molar-refractivity contribution < 1.29 is 13.6 Å². The molecule has 0 unspecified atom stereocenters. The molecule has 106 valence electrons. The quantitative estimate of drug-likeness (QED) is 0.452. The zero-order valence-electron chi connectivity index (χ0n) is 10.5. The third-order valence-corrected chi connectivity index (χ3v) is 3.79. The Kier molecular flexibility index (Phi) is 3.91. The Balaban J connectivity index is 2.04. The maximum atomic E-state index is 12.9. The summed E-state index contributed by atoms with van der Waals surface area (Å²) in [5.74, 6) is -0.0181. The second-order valence-corrected chi connectivity index (χ2v) is 7.43.